The van der Waals surface area contributed by atoms with Crippen molar-refractivity contribution in [1.82, 2.24) is 0 Å². The molecule has 1 aliphatic heterocycles. The molecule has 1 heterocycles. The quantitative estimate of drug-likeness (QED) is 0.727. The van der Waals surface area contributed by atoms with Gasteiger partial charge in [-0.3, -0.25) is 9.59 Å². The van der Waals surface area contributed by atoms with Gasteiger partial charge in [-0.05, 0) is 0 Å². The van der Waals surface area contributed by atoms with Gasteiger partial charge in [-0.1, -0.05) is 0 Å². The van der Waals surface area contributed by atoms with E-state index in [-0.39, 0.29) is 0 Å². The van der Waals surface area contributed by atoms with E-state index >= 15 is 0 Å². The van der Waals surface area contributed by atoms with E-state index in [2.05, 4.69) is 0 Å². The van der Waals surface area contributed by atoms with Crippen LogP contribution >= 0.6 is 35.3 Å². The number of thioether (sulfide) groups is 3. The lowest BCUT2D eigenvalue weighted by Gasteiger charge is -2.21. The number of carbonyl (C=O) groups is 2. The Balaban J connectivity index is 2.51. The van der Waals surface area contributed by atoms with Crippen LogP contribution < -0.4 is 0 Å². The zero-order chi connectivity index (χ0) is 9.14. The maximum absolute atomic E-state index is 10.5. The molecule has 0 aliphatic carbocycles. The molecule has 1 saturated heterocycles. The molecule has 0 bridgehead atoms. The first-order valence-corrected chi connectivity index (χ1v) is 5.99. The van der Waals surface area contributed by atoms with E-state index in [1.54, 1.807) is 0 Å². The Bertz CT molecular complexity index is 187. The van der Waals surface area contributed by atoms with Crippen LogP contribution in [0.5, 0.6) is 0 Å². The Morgan fingerprint density at radius 2 is 1.50 bits per heavy atom. The molecule has 0 spiro atoms. The highest BCUT2D eigenvalue weighted by molar-refractivity contribution is 8.34. The number of aliphatic carboxylic acids is 2. The van der Waals surface area contributed by atoms with Gasteiger partial charge < -0.3 is 10.2 Å². The van der Waals surface area contributed by atoms with Gasteiger partial charge in [0.15, 0.2) is 9.16 Å². The molecule has 12 heavy (non-hydrogen) atoms. The fourth-order valence-corrected chi connectivity index (χ4v) is 5.16. The Kier molecular flexibility index (Phi) is 3.60. The lowest BCUT2D eigenvalue weighted by molar-refractivity contribution is -0.135. The molecule has 2 N–H and O–H groups in total. The molecular weight excluding hydrogens is 220 g/mol. The van der Waals surface area contributed by atoms with Crippen LogP contribution in [0.3, 0.4) is 0 Å². The lowest BCUT2D eigenvalue weighted by atomic mass is 10.8. The summed E-state index contributed by atoms with van der Waals surface area (Å²) in [5.74, 6) is -1.90. The van der Waals surface area contributed by atoms with Gasteiger partial charge in [0.1, 0.15) is 0 Å². The van der Waals surface area contributed by atoms with Gasteiger partial charge in [0.05, 0.1) is 0 Å². The van der Waals surface area contributed by atoms with E-state index in [9.17, 15) is 9.59 Å². The minimum Gasteiger partial charge on any atom is -0.480 e. The fraction of sp³-hybridized carbons (Fsp3) is 0.600. The molecule has 7 heteroatoms. The third kappa shape index (κ3) is 2.49. The second kappa shape index (κ2) is 4.29. The van der Waals surface area contributed by atoms with Crippen molar-refractivity contribution in [3.8, 4) is 0 Å². The second-order valence-electron chi connectivity index (χ2n) is 1.93. The molecule has 0 saturated carbocycles. The third-order valence-corrected chi connectivity index (χ3v) is 5.57. The zero-order valence-corrected chi connectivity index (χ0v) is 8.25. The van der Waals surface area contributed by atoms with Crippen LogP contribution in [0.1, 0.15) is 0 Å². The fourth-order valence-electron chi connectivity index (χ4n) is 0.613. The van der Waals surface area contributed by atoms with E-state index in [0.29, 0.717) is 5.08 Å². The SMILES string of the molecule is O=C(O)C1SCSC(C(=O)O)S1. The van der Waals surface area contributed by atoms with Gasteiger partial charge >= 0.3 is 11.9 Å². The van der Waals surface area contributed by atoms with Crippen molar-refractivity contribution in [3.05, 3.63) is 0 Å². The van der Waals surface area contributed by atoms with Crippen molar-refractivity contribution in [2.45, 2.75) is 9.16 Å². The van der Waals surface area contributed by atoms with E-state index in [1.807, 2.05) is 0 Å². The Hall–Kier alpha value is -0.0100. The molecule has 2 unspecified atom stereocenters. The molecule has 1 fully saturated rings. The molecular formula is C5H6O4S3. The topological polar surface area (TPSA) is 74.6 Å². The molecule has 0 aromatic rings. The molecule has 4 nitrogen and oxygen atoms in total. The van der Waals surface area contributed by atoms with E-state index < -0.39 is 21.1 Å². The molecule has 0 aromatic heterocycles. The second-order valence-corrected chi connectivity index (χ2v) is 6.29. The summed E-state index contributed by atoms with van der Waals surface area (Å²) in [7, 11) is 0. The Morgan fingerprint density at radius 1 is 1.08 bits per heavy atom. The summed E-state index contributed by atoms with van der Waals surface area (Å²) in [4.78, 5) is 21.0. The summed E-state index contributed by atoms with van der Waals surface area (Å²) >= 11 is 3.49. The van der Waals surface area contributed by atoms with Crippen LogP contribution in [-0.2, 0) is 9.59 Å². The largest absolute Gasteiger partial charge is 0.480 e. The maximum atomic E-state index is 10.5. The predicted octanol–water partition coefficient (Wildman–Crippen LogP) is 0.978. The first kappa shape index (κ1) is 10.1. The van der Waals surface area contributed by atoms with Crippen molar-refractivity contribution in [2.24, 2.45) is 0 Å². The summed E-state index contributed by atoms with van der Waals surface area (Å²) in [6.45, 7) is 0. The molecule has 0 radical (unpaired) electrons. The summed E-state index contributed by atoms with van der Waals surface area (Å²) in [6, 6.07) is 0. The average Bonchev–Trinajstić information content (AvgIpc) is 2.04. The van der Waals surface area contributed by atoms with E-state index in [1.165, 1.54) is 23.5 Å². The highest BCUT2D eigenvalue weighted by Gasteiger charge is 2.32. The van der Waals surface area contributed by atoms with Gasteiger partial charge in [-0.2, -0.15) is 0 Å². The summed E-state index contributed by atoms with van der Waals surface area (Å²) < 4.78 is -1.26. The first-order chi connectivity index (χ1) is 5.61. The Morgan fingerprint density at radius 3 is 1.83 bits per heavy atom. The number of hydrogen-bond acceptors (Lipinski definition) is 5. The predicted molar refractivity (Wildman–Crippen MR) is 50.5 cm³/mol. The van der Waals surface area contributed by atoms with E-state index in [0.717, 1.165) is 11.8 Å². The van der Waals surface area contributed by atoms with Gasteiger partial charge in [-0.15, -0.1) is 35.3 Å². The van der Waals surface area contributed by atoms with Crippen molar-refractivity contribution in [3.63, 3.8) is 0 Å². The first-order valence-electron chi connectivity index (χ1n) is 2.95. The van der Waals surface area contributed by atoms with Crippen LogP contribution in [0, 0.1) is 0 Å². The highest BCUT2D eigenvalue weighted by Crippen LogP contribution is 2.41. The molecule has 1 aliphatic rings. The Labute approximate surface area is 81.5 Å². The van der Waals surface area contributed by atoms with E-state index in [4.69, 9.17) is 10.2 Å². The van der Waals surface area contributed by atoms with Gasteiger partial charge in [-0.25, -0.2) is 0 Å². The van der Waals surface area contributed by atoms with Crippen molar-refractivity contribution in [2.75, 3.05) is 5.08 Å². The number of hydrogen-bond donors (Lipinski definition) is 2. The number of carboxylic acids is 2. The maximum Gasteiger partial charge on any atom is 0.326 e. The minimum absolute atomic E-state index is 0.529. The number of rotatable bonds is 2. The van der Waals surface area contributed by atoms with Gasteiger partial charge in [0.2, 0.25) is 0 Å². The lowest BCUT2D eigenvalue weighted by Crippen LogP contribution is -2.24. The van der Waals surface area contributed by atoms with Gasteiger partial charge in [0.25, 0.3) is 0 Å². The standard InChI is InChI=1S/C5H6O4S3/c6-2(7)4-10-1-11-5(12-4)3(8)9/h4-5H,1H2,(H,6,7)(H,8,9). The molecule has 0 aromatic carbocycles. The van der Waals surface area contributed by atoms with Crippen LogP contribution in [0.2, 0.25) is 0 Å². The highest BCUT2D eigenvalue weighted by atomic mass is 32.3. The summed E-state index contributed by atoms with van der Waals surface area (Å²) in [6.07, 6.45) is 0. The smallest absolute Gasteiger partial charge is 0.326 e. The molecule has 1 rings (SSSR count). The summed E-state index contributed by atoms with van der Waals surface area (Å²) in [5, 5.41) is 17.7. The van der Waals surface area contributed by atoms with Crippen molar-refractivity contribution < 1.29 is 19.8 Å². The van der Waals surface area contributed by atoms with Crippen LogP contribution in [0.15, 0.2) is 0 Å². The van der Waals surface area contributed by atoms with Gasteiger partial charge in [0, 0.05) is 5.08 Å². The summed E-state index contributed by atoms with van der Waals surface area (Å²) in [5.41, 5.74) is 0. The van der Waals surface area contributed by atoms with Crippen LogP contribution in [-0.4, -0.2) is 36.4 Å². The average molecular weight is 226 g/mol. The van der Waals surface area contributed by atoms with Crippen LogP contribution in [0.25, 0.3) is 0 Å². The third-order valence-electron chi connectivity index (χ3n) is 1.09. The number of carboxylic acid groups (broad SMARTS) is 2. The molecule has 2 atom stereocenters. The minimum atomic E-state index is -0.948. The monoisotopic (exact) mass is 226 g/mol. The van der Waals surface area contributed by atoms with Crippen molar-refractivity contribution >= 4 is 47.2 Å². The van der Waals surface area contributed by atoms with Crippen molar-refractivity contribution in [1.29, 1.82) is 0 Å². The molecule has 68 valence electrons. The van der Waals surface area contributed by atoms with Crippen LogP contribution in [0.4, 0.5) is 0 Å². The zero-order valence-electron chi connectivity index (χ0n) is 5.80. The normalized spacial score (nSPS) is 29.7. The molecule has 0 amide bonds.